The van der Waals surface area contributed by atoms with E-state index < -0.39 is 0 Å². The number of carbonyl (C=O) groups is 1. The number of carbonyl (C=O) groups excluding carboxylic acids is 1. The van der Waals surface area contributed by atoms with Gasteiger partial charge in [-0.15, -0.1) is 5.10 Å². The van der Waals surface area contributed by atoms with Gasteiger partial charge in [0.2, 0.25) is 5.12 Å². The molecule has 3 rings (SSSR count). The minimum Gasteiger partial charge on any atom is -0.360 e. The van der Waals surface area contributed by atoms with E-state index in [9.17, 15) is 4.79 Å². The zero-order valence-electron chi connectivity index (χ0n) is 12.8. The summed E-state index contributed by atoms with van der Waals surface area (Å²) in [5, 5.41) is 4.60. The van der Waals surface area contributed by atoms with Crippen LogP contribution in [0.1, 0.15) is 15.9 Å². The van der Waals surface area contributed by atoms with Gasteiger partial charge in [0, 0.05) is 25.9 Å². The molecule has 2 aromatic heterocycles. The molecule has 0 aliphatic carbocycles. The third-order valence-electron chi connectivity index (χ3n) is 3.36. The van der Waals surface area contributed by atoms with E-state index in [1.54, 1.807) is 0 Å². The molecular formula is C17H17N3OS. The highest BCUT2D eigenvalue weighted by Crippen LogP contribution is 2.35. The van der Waals surface area contributed by atoms with Crippen LogP contribution in [0.25, 0.3) is 5.52 Å². The fraction of sp³-hybridized carbons (Fsp3) is 0.176. The van der Waals surface area contributed by atoms with E-state index in [0.717, 1.165) is 21.8 Å². The van der Waals surface area contributed by atoms with Crippen molar-refractivity contribution in [2.24, 2.45) is 0 Å². The lowest BCUT2D eigenvalue weighted by Gasteiger charge is -2.10. The van der Waals surface area contributed by atoms with Gasteiger partial charge in [0.25, 0.3) is 0 Å². The monoisotopic (exact) mass is 311 g/mol. The van der Waals surface area contributed by atoms with Crippen LogP contribution in [0.15, 0.2) is 53.6 Å². The molecular weight excluding hydrogens is 294 g/mol. The molecule has 0 N–H and O–H groups in total. The Hall–Kier alpha value is -2.27. The fourth-order valence-electron chi connectivity index (χ4n) is 2.23. The van der Waals surface area contributed by atoms with Crippen molar-refractivity contribution in [2.45, 2.75) is 11.8 Å². The highest BCUT2D eigenvalue weighted by atomic mass is 32.2. The van der Waals surface area contributed by atoms with Gasteiger partial charge >= 0.3 is 0 Å². The molecule has 3 aromatic rings. The molecule has 22 heavy (non-hydrogen) atoms. The minimum absolute atomic E-state index is 0.0279. The molecule has 0 atom stereocenters. The average Bonchev–Trinajstić information content (AvgIpc) is 2.86. The molecule has 0 saturated heterocycles. The number of benzene rings is 1. The van der Waals surface area contributed by atoms with E-state index in [1.807, 2.05) is 73.0 Å². The summed E-state index contributed by atoms with van der Waals surface area (Å²) in [6.07, 6.45) is 1.93. The van der Waals surface area contributed by atoms with Crippen molar-refractivity contribution in [3.63, 3.8) is 0 Å². The summed E-state index contributed by atoms with van der Waals surface area (Å²) in [5.74, 6) is 0.805. The topological polar surface area (TPSA) is 37.6 Å². The van der Waals surface area contributed by atoms with E-state index in [4.69, 9.17) is 0 Å². The van der Waals surface area contributed by atoms with Crippen LogP contribution in [0, 0.1) is 6.92 Å². The summed E-state index contributed by atoms with van der Waals surface area (Å²) in [5.41, 5.74) is 2.80. The largest absolute Gasteiger partial charge is 0.360 e. The Morgan fingerprint density at radius 3 is 2.59 bits per heavy atom. The maximum absolute atomic E-state index is 12.5. The number of rotatable bonds is 3. The Labute approximate surface area is 133 Å². The number of aromatic nitrogens is 2. The van der Waals surface area contributed by atoms with E-state index >= 15 is 0 Å². The highest BCUT2D eigenvalue weighted by molar-refractivity contribution is 8.14. The number of hydrogen-bond acceptors (Lipinski definition) is 4. The van der Waals surface area contributed by atoms with Crippen LogP contribution in [0.4, 0.5) is 5.82 Å². The average molecular weight is 311 g/mol. The number of hydrogen-bond donors (Lipinski definition) is 0. The van der Waals surface area contributed by atoms with Crippen molar-refractivity contribution in [1.82, 2.24) is 9.61 Å². The van der Waals surface area contributed by atoms with Crippen molar-refractivity contribution in [3.8, 4) is 0 Å². The van der Waals surface area contributed by atoms with Gasteiger partial charge in [0.05, 0.1) is 10.4 Å². The van der Waals surface area contributed by atoms with Gasteiger partial charge in [0.15, 0.2) is 5.82 Å². The van der Waals surface area contributed by atoms with Gasteiger partial charge in [0.1, 0.15) is 0 Å². The third kappa shape index (κ3) is 2.72. The summed E-state index contributed by atoms with van der Waals surface area (Å²) >= 11 is 1.23. The molecule has 0 aliphatic heterocycles. The first kappa shape index (κ1) is 14.7. The Kier molecular flexibility index (Phi) is 3.90. The molecule has 0 spiro atoms. The molecule has 0 fully saturated rings. The van der Waals surface area contributed by atoms with Crippen LogP contribution in [-0.4, -0.2) is 28.8 Å². The number of fused-ring (bicyclic) bond motifs is 1. The molecule has 4 nitrogen and oxygen atoms in total. The Balaban J connectivity index is 2.07. The third-order valence-corrected chi connectivity index (χ3v) is 4.37. The van der Waals surface area contributed by atoms with Crippen molar-refractivity contribution < 1.29 is 4.79 Å². The lowest BCUT2D eigenvalue weighted by atomic mass is 10.2. The minimum atomic E-state index is 0.0279. The van der Waals surface area contributed by atoms with Crippen molar-refractivity contribution in [1.29, 1.82) is 0 Å². The molecule has 0 aliphatic rings. The summed E-state index contributed by atoms with van der Waals surface area (Å²) in [6.45, 7) is 2.04. The summed E-state index contributed by atoms with van der Waals surface area (Å²) in [7, 11) is 3.87. The van der Waals surface area contributed by atoms with Gasteiger partial charge in [-0.3, -0.25) is 4.79 Å². The van der Waals surface area contributed by atoms with E-state index in [0.29, 0.717) is 5.56 Å². The van der Waals surface area contributed by atoms with Gasteiger partial charge < -0.3 is 4.90 Å². The van der Waals surface area contributed by atoms with E-state index in [1.165, 1.54) is 11.8 Å². The number of nitrogens with zero attached hydrogens (tertiary/aromatic N) is 3. The number of aryl methyl sites for hydroxylation is 1. The number of thioether (sulfide) groups is 1. The molecule has 0 radical (unpaired) electrons. The predicted octanol–water partition coefficient (Wildman–Crippen LogP) is 3.64. The van der Waals surface area contributed by atoms with Crippen molar-refractivity contribution >= 4 is 28.2 Å². The molecule has 0 amide bonds. The van der Waals surface area contributed by atoms with Crippen LogP contribution >= 0.6 is 11.8 Å². The Morgan fingerprint density at radius 2 is 1.91 bits per heavy atom. The fourth-order valence-corrected chi connectivity index (χ4v) is 3.24. The zero-order valence-corrected chi connectivity index (χ0v) is 13.6. The highest BCUT2D eigenvalue weighted by Gasteiger charge is 2.19. The smallest absolute Gasteiger partial charge is 0.224 e. The molecule has 1 aromatic carbocycles. The van der Waals surface area contributed by atoms with Gasteiger partial charge in [-0.25, -0.2) is 4.52 Å². The summed E-state index contributed by atoms with van der Waals surface area (Å²) in [6, 6.07) is 13.4. The van der Waals surface area contributed by atoms with Gasteiger partial charge in [-0.2, -0.15) is 0 Å². The predicted molar refractivity (Wildman–Crippen MR) is 90.9 cm³/mol. The Bertz CT molecular complexity index is 825. The van der Waals surface area contributed by atoms with Crippen LogP contribution in [-0.2, 0) is 0 Å². The van der Waals surface area contributed by atoms with Crippen LogP contribution in [0.5, 0.6) is 0 Å². The molecule has 2 heterocycles. The molecule has 0 saturated carbocycles. The first-order valence-corrected chi connectivity index (χ1v) is 7.81. The number of pyridine rings is 1. The standard InChI is InChI=1S/C17H17N3OS/c1-12-9-10-20-14(11-12)15(16(18-20)19(2)3)22-17(21)13-7-5-4-6-8-13/h4-11H,1-3H3. The zero-order chi connectivity index (χ0) is 15.7. The second-order valence-corrected chi connectivity index (χ2v) is 6.32. The van der Waals surface area contributed by atoms with E-state index in [-0.39, 0.29) is 5.12 Å². The SMILES string of the molecule is Cc1ccn2nc(N(C)C)c(SC(=O)c3ccccc3)c2c1. The quantitative estimate of drug-likeness (QED) is 0.692. The lowest BCUT2D eigenvalue weighted by Crippen LogP contribution is -2.10. The normalized spacial score (nSPS) is 10.9. The van der Waals surface area contributed by atoms with E-state index in [2.05, 4.69) is 11.2 Å². The summed E-state index contributed by atoms with van der Waals surface area (Å²) in [4.78, 5) is 15.3. The molecule has 0 unspecified atom stereocenters. The van der Waals surface area contributed by atoms with Crippen molar-refractivity contribution in [2.75, 3.05) is 19.0 Å². The van der Waals surface area contributed by atoms with Crippen LogP contribution in [0.2, 0.25) is 0 Å². The first-order chi connectivity index (χ1) is 10.6. The Morgan fingerprint density at radius 1 is 1.18 bits per heavy atom. The maximum atomic E-state index is 12.5. The second-order valence-electron chi connectivity index (χ2n) is 5.34. The van der Waals surface area contributed by atoms with Crippen molar-refractivity contribution in [3.05, 3.63) is 59.8 Å². The van der Waals surface area contributed by atoms with Crippen LogP contribution in [0.3, 0.4) is 0 Å². The molecule has 112 valence electrons. The van der Waals surface area contributed by atoms with Gasteiger partial charge in [-0.05, 0) is 36.4 Å². The first-order valence-electron chi connectivity index (χ1n) is 7.00. The summed E-state index contributed by atoms with van der Waals surface area (Å²) < 4.78 is 1.82. The molecule has 5 heteroatoms. The lowest BCUT2D eigenvalue weighted by molar-refractivity contribution is 0.108. The molecule has 0 bridgehead atoms. The van der Waals surface area contributed by atoms with Crippen LogP contribution < -0.4 is 4.90 Å². The second kappa shape index (κ2) is 5.85. The van der Waals surface area contributed by atoms with Gasteiger partial charge in [-0.1, -0.05) is 30.3 Å². The maximum Gasteiger partial charge on any atom is 0.224 e. The number of anilines is 1.